The predicted octanol–water partition coefficient (Wildman–Crippen LogP) is 2.67. The molecule has 0 aliphatic heterocycles. The number of anilines is 1. The van der Waals surface area contributed by atoms with Crippen LogP contribution in [0.1, 0.15) is 25.0 Å². The molecule has 0 radical (unpaired) electrons. The average Bonchev–Trinajstić information content (AvgIpc) is 2.53. The second-order valence-electron chi connectivity index (χ2n) is 5.99. The molecule has 0 aliphatic rings. The van der Waals surface area contributed by atoms with E-state index in [-0.39, 0.29) is 11.8 Å². The Kier molecular flexibility index (Phi) is 5.11. The Morgan fingerprint density at radius 1 is 1.09 bits per heavy atom. The van der Waals surface area contributed by atoms with Crippen LogP contribution in [0.2, 0.25) is 0 Å². The molecule has 0 atom stereocenters. The van der Waals surface area contributed by atoms with Crippen LogP contribution < -0.4 is 10.6 Å². The van der Waals surface area contributed by atoms with E-state index < -0.39 is 5.41 Å². The summed E-state index contributed by atoms with van der Waals surface area (Å²) in [4.78, 5) is 28.7. The lowest BCUT2D eigenvalue weighted by Gasteiger charge is -2.23. The van der Waals surface area contributed by atoms with Crippen LogP contribution in [0, 0.1) is 12.3 Å². The van der Waals surface area contributed by atoms with Crippen molar-refractivity contribution in [2.45, 2.75) is 27.3 Å². The monoisotopic (exact) mass is 311 g/mol. The first-order chi connectivity index (χ1) is 10.9. The van der Waals surface area contributed by atoms with Gasteiger partial charge in [0.25, 0.3) is 0 Å². The van der Waals surface area contributed by atoms with Gasteiger partial charge >= 0.3 is 0 Å². The molecule has 0 aliphatic carbocycles. The zero-order chi connectivity index (χ0) is 16.9. The van der Waals surface area contributed by atoms with Crippen LogP contribution in [-0.2, 0) is 16.1 Å². The van der Waals surface area contributed by atoms with E-state index in [1.807, 2.05) is 37.3 Å². The van der Waals surface area contributed by atoms with Gasteiger partial charge in [0.1, 0.15) is 5.41 Å². The highest BCUT2D eigenvalue weighted by Gasteiger charge is 2.35. The van der Waals surface area contributed by atoms with Crippen LogP contribution in [0.5, 0.6) is 0 Å². The van der Waals surface area contributed by atoms with Gasteiger partial charge in [-0.05, 0) is 56.2 Å². The van der Waals surface area contributed by atoms with Crippen LogP contribution in [0.4, 0.5) is 5.69 Å². The number of hydrogen-bond donors (Lipinski definition) is 2. The molecule has 23 heavy (non-hydrogen) atoms. The summed E-state index contributed by atoms with van der Waals surface area (Å²) in [6, 6.07) is 11.1. The number of benzene rings is 1. The highest BCUT2D eigenvalue weighted by molar-refractivity contribution is 6.09. The van der Waals surface area contributed by atoms with Crippen LogP contribution >= 0.6 is 0 Å². The smallest absolute Gasteiger partial charge is 0.239 e. The molecule has 5 nitrogen and oxygen atoms in total. The first-order valence-corrected chi connectivity index (χ1v) is 7.45. The Bertz CT molecular complexity index is 696. The third-order valence-electron chi connectivity index (χ3n) is 3.61. The average molecular weight is 311 g/mol. The molecule has 1 aromatic heterocycles. The summed E-state index contributed by atoms with van der Waals surface area (Å²) >= 11 is 0. The highest BCUT2D eigenvalue weighted by atomic mass is 16.2. The molecule has 0 saturated carbocycles. The van der Waals surface area contributed by atoms with Gasteiger partial charge in [-0.2, -0.15) is 0 Å². The molecular formula is C18H21N3O2. The third-order valence-corrected chi connectivity index (χ3v) is 3.61. The van der Waals surface area contributed by atoms with E-state index in [0.717, 1.165) is 11.1 Å². The number of pyridine rings is 1. The first kappa shape index (κ1) is 16.7. The van der Waals surface area contributed by atoms with Crippen molar-refractivity contribution in [3.05, 3.63) is 59.9 Å². The molecule has 2 N–H and O–H groups in total. The molecule has 2 amide bonds. The SMILES string of the molecule is Cc1cccc(NC(=O)C(C)(C)C(=O)NCc2ccncc2)c1. The van der Waals surface area contributed by atoms with Gasteiger partial charge in [-0.15, -0.1) is 0 Å². The van der Waals surface area contributed by atoms with Gasteiger partial charge in [0.2, 0.25) is 11.8 Å². The fraction of sp³-hybridized carbons (Fsp3) is 0.278. The van der Waals surface area contributed by atoms with Gasteiger partial charge in [0.15, 0.2) is 0 Å². The van der Waals surface area contributed by atoms with Crippen LogP contribution in [-0.4, -0.2) is 16.8 Å². The van der Waals surface area contributed by atoms with Crippen molar-refractivity contribution in [1.82, 2.24) is 10.3 Å². The molecule has 2 rings (SSSR count). The van der Waals surface area contributed by atoms with Crippen molar-refractivity contribution < 1.29 is 9.59 Å². The van der Waals surface area contributed by atoms with Crippen molar-refractivity contribution in [2.24, 2.45) is 5.41 Å². The molecule has 0 bridgehead atoms. The van der Waals surface area contributed by atoms with Crippen molar-refractivity contribution in [1.29, 1.82) is 0 Å². The Labute approximate surface area is 136 Å². The lowest BCUT2D eigenvalue weighted by atomic mass is 9.90. The molecule has 1 heterocycles. The van der Waals surface area contributed by atoms with Gasteiger partial charge in [-0.3, -0.25) is 14.6 Å². The quantitative estimate of drug-likeness (QED) is 0.834. The number of nitrogens with zero attached hydrogens (tertiary/aromatic N) is 1. The standard InChI is InChI=1S/C18H21N3O2/c1-13-5-4-6-15(11-13)21-17(23)18(2,3)16(22)20-12-14-7-9-19-10-8-14/h4-11H,12H2,1-3H3,(H,20,22)(H,21,23). The number of nitrogens with one attached hydrogen (secondary N) is 2. The minimum absolute atomic E-state index is 0.320. The number of carbonyl (C=O) groups excluding carboxylic acids is 2. The summed E-state index contributed by atoms with van der Waals surface area (Å²) in [5, 5.41) is 5.58. The second-order valence-corrected chi connectivity index (χ2v) is 5.99. The number of aryl methyl sites for hydroxylation is 1. The summed E-state index contributed by atoms with van der Waals surface area (Å²) in [6.07, 6.45) is 3.33. The lowest BCUT2D eigenvalue weighted by molar-refractivity contribution is -0.138. The van der Waals surface area contributed by atoms with E-state index in [2.05, 4.69) is 15.6 Å². The Balaban J connectivity index is 1.98. The van der Waals surface area contributed by atoms with Crippen molar-refractivity contribution >= 4 is 17.5 Å². The van der Waals surface area contributed by atoms with Gasteiger partial charge in [-0.1, -0.05) is 12.1 Å². The second kappa shape index (κ2) is 7.05. The number of amides is 2. The maximum absolute atomic E-state index is 12.4. The molecule has 0 spiro atoms. The van der Waals surface area contributed by atoms with Gasteiger partial charge in [0.05, 0.1) is 0 Å². The molecular weight excluding hydrogens is 290 g/mol. The van der Waals surface area contributed by atoms with Crippen molar-refractivity contribution in [3.63, 3.8) is 0 Å². The van der Waals surface area contributed by atoms with E-state index >= 15 is 0 Å². The van der Waals surface area contributed by atoms with Crippen LogP contribution in [0.3, 0.4) is 0 Å². The number of carbonyl (C=O) groups is 2. The van der Waals surface area contributed by atoms with E-state index in [4.69, 9.17) is 0 Å². The summed E-state index contributed by atoms with van der Waals surface area (Å²) < 4.78 is 0. The van der Waals surface area contributed by atoms with E-state index in [1.165, 1.54) is 0 Å². The molecule has 0 unspecified atom stereocenters. The van der Waals surface area contributed by atoms with Crippen LogP contribution in [0.15, 0.2) is 48.8 Å². The maximum atomic E-state index is 12.4. The molecule has 5 heteroatoms. The van der Waals surface area contributed by atoms with Crippen LogP contribution in [0.25, 0.3) is 0 Å². The summed E-state index contributed by atoms with van der Waals surface area (Å²) in [6.45, 7) is 5.53. The Morgan fingerprint density at radius 2 is 1.78 bits per heavy atom. The number of aromatic nitrogens is 1. The minimum Gasteiger partial charge on any atom is -0.351 e. The molecule has 2 aromatic rings. The highest BCUT2D eigenvalue weighted by Crippen LogP contribution is 2.20. The van der Waals surface area contributed by atoms with E-state index in [0.29, 0.717) is 12.2 Å². The molecule has 0 fully saturated rings. The maximum Gasteiger partial charge on any atom is 0.239 e. The topological polar surface area (TPSA) is 71.1 Å². The van der Waals surface area contributed by atoms with Gasteiger partial charge in [0, 0.05) is 24.6 Å². The fourth-order valence-corrected chi connectivity index (χ4v) is 2.02. The Hall–Kier alpha value is -2.69. The summed E-state index contributed by atoms with van der Waals surface area (Å²) in [7, 11) is 0. The molecule has 0 saturated heterocycles. The number of hydrogen-bond acceptors (Lipinski definition) is 3. The zero-order valence-electron chi connectivity index (χ0n) is 13.6. The normalized spacial score (nSPS) is 10.9. The predicted molar refractivity (Wildman–Crippen MR) is 89.7 cm³/mol. The Morgan fingerprint density at radius 3 is 2.43 bits per heavy atom. The largest absolute Gasteiger partial charge is 0.351 e. The molecule has 120 valence electrons. The first-order valence-electron chi connectivity index (χ1n) is 7.45. The van der Waals surface area contributed by atoms with E-state index in [1.54, 1.807) is 32.3 Å². The third kappa shape index (κ3) is 4.39. The van der Waals surface area contributed by atoms with E-state index in [9.17, 15) is 9.59 Å². The van der Waals surface area contributed by atoms with Gasteiger partial charge < -0.3 is 10.6 Å². The van der Waals surface area contributed by atoms with Crippen molar-refractivity contribution in [2.75, 3.05) is 5.32 Å². The molecule has 1 aromatic carbocycles. The summed E-state index contributed by atoms with van der Waals surface area (Å²) in [5.41, 5.74) is 1.49. The fourth-order valence-electron chi connectivity index (χ4n) is 2.02. The summed E-state index contributed by atoms with van der Waals surface area (Å²) in [5.74, 6) is -0.658. The number of rotatable bonds is 5. The zero-order valence-corrected chi connectivity index (χ0v) is 13.6. The van der Waals surface area contributed by atoms with Crippen molar-refractivity contribution in [3.8, 4) is 0 Å². The minimum atomic E-state index is -1.17. The lowest BCUT2D eigenvalue weighted by Crippen LogP contribution is -2.44. The van der Waals surface area contributed by atoms with Gasteiger partial charge in [-0.25, -0.2) is 0 Å².